The van der Waals surface area contributed by atoms with Crippen molar-refractivity contribution in [1.82, 2.24) is 5.32 Å². The van der Waals surface area contributed by atoms with Crippen LogP contribution in [-0.4, -0.2) is 30.6 Å². The quantitative estimate of drug-likeness (QED) is 0.548. The number of carbonyl (C=O) groups is 3. The summed E-state index contributed by atoms with van der Waals surface area (Å²) in [6.07, 6.45) is 0. The van der Waals surface area contributed by atoms with Crippen LogP contribution in [0.15, 0.2) is 71.3 Å². The smallest absolute Gasteiger partial charge is 0.319 e. The lowest BCUT2D eigenvalue weighted by atomic mass is 9.78. The van der Waals surface area contributed by atoms with E-state index in [-0.39, 0.29) is 22.3 Å². The molecule has 0 aromatic heterocycles. The molecule has 0 saturated carbocycles. The predicted octanol–water partition coefficient (Wildman–Crippen LogP) is 2.80. The van der Waals surface area contributed by atoms with E-state index in [1.165, 1.54) is 7.11 Å². The fourth-order valence-corrected chi connectivity index (χ4v) is 4.04. The molecule has 2 atom stereocenters. The molecule has 1 aliphatic heterocycles. The van der Waals surface area contributed by atoms with Gasteiger partial charge in [-0.3, -0.25) is 14.4 Å². The largest absolute Gasteiger partial charge is 0.468 e. The van der Waals surface area contributed by atoms with Gasteiger partial charge in [0.1, 0.15) is 5.92 Å². The fourth-order valence-electron chi connectivity index (χ4n) is 3.20. The van der Waals surface area contributed by atoms with E-state index in [1.54, 1.807) is 54.6 Å². The van der Waals surface area contributed by atoms with Crippen LogP contribution in [0.5, 0.6) is 0 Å². The number of anilines is 1. The van der Waals surface area contributed by atoms with E-state index in [2.05, 4.69) is 16.7 Å². The molecule has 0 bridgehead atoms. The minimum atomic E-state index is -1.19. The van der Waals surface area contributed by atoms with Gasteiger partial charge >= 0.3 is 5.97 Å². The van der Waals surface area contributed by atoms with Gasteiger partial charge in [-0.15, -0.1) is 0 Å². The van der Waals surface area contributed by atoms with E-state index >= 15 is 0 Å². The Hall–Kier alpha value is -3.57. The summed E-state index contributed by atoms with van der Waals surface area (Å²) in [5, 5.41) is 15.4. The van der Waals surface area contributed by atoms with Gasteiger partial charge in [0, 0.05) is 11.6 Å². The van der Waals surface area contributed by atoms with Crippen molar-refractivity contribution in [2.24, 2.45) is 5.92 Å². The van der Waals surface area contributed by atoms with Crippen molar-refractivity contribution in [1.29, 1.82) is 5.26 Å². The first-order chi connectivity index (χ1) is 14.5. The number of nitrogens with zero attached hydrogens (tertiary/aromatic N) is 1. The number of ether oxygens (including phenoxy) is 1. The van der Waals surface area contributed by atoms with Gasteiger partial charge in [-0.05, 0) is 17.7 Å². The Morgan fingerprint density at radius 3 is 2.37 bits per heavy atom. The van der Waals surface area contributed by atoms with E-state index < -0.39 is 23.7 Å². The normalized spacial score (nSPS) is 18.2. The number of hydrogen-bond donors (Lipinski definition) is 2. The molecular formula is C22H19N3O4S. The summed E-state index contributed by atoms with van der Waals surface area (Å²) in [7, 11) is 1.20. The zero-order chi connectivity index (χ0) is 21.5. The number of thioether (sulfide) groups is 1. The van der Waals surface area contributed by atoms with E-state index in [4.69, 9.17) is 4.74 Å². The van der Waals surface area contributed by atoms with Crippen LogP contribution in [0.25, 0.3) is 0 Å². The highest BCUT2D eigenvalue weighted by atomic mass is 32.2. The molecule has 0 radical (unpaired) electrons. The van der Waals surface area contributed by atoms with Crippen molar-refractivity contribution >= 4 is 35.2 Å². The van der Waals surface area contributed by atoms with E-state index in [0.717, 1.165) is 11.8 Å². The lowest BCUT2D eigenvalue weighted by Gasteiger charge is -2.30. The van der Waals surface area contributed by atoms with Crippen molar-refractivity contribution in [2.45, 2.75) is 5.92 Å². The van der Waals surface area contributed by atoms with E-state index in [0.29, 0.717) is 11.3 Å². The molecule has 2 aromatic carbocycles. The maximum absolute atomic E-state index is 12.7. The standard InChI is InChI=1S/C22H19N3O4S/c1-29-22(28)19-18(14-8-4-2-5-9-14)16(12-23)21(25-20(19)27)30-13-17(26)24-15-10-6-3-7-11-15/h2-11,18-19H,13H2,1H3,(H,24,26)(H,25,27)/t18-,19+/m0/s1. The fraction of sp³-hybridized carbons (Fsp3) is 0.182. The summed E-state index contributed by atoms with van der Waals surface area (Å²) in [5.41, 5.74) is 1.51. The zero-order valence-electron chi connectivity index (χ0n) is 16.1. The molecule has 2 aromatic rings. The minimum absolute atomic E-state index is 0.0138. The lowest BCUT2D eigenvalue weighted by Crippen LogP contribution is -2.44. The van der Waals surface area contributed by atoms with Crippen molar-refractivity contribution in [3.8, 4) is 6.07 Å². The Labute approximate surface area is 178 Å². The predicted molar refractivity (Wildman–Crippen MR) is 113 cm³/mol. The third-order valence-corrected chi connectivity index (χ3v) is 5.56. The Balaban J connectivity index is 1.87. The maximum atomic E-state index is 12.7. The average Bonchev–Trinajstić information content (AvgIpc) is 2.78. The van der Waals surface area contributed by atoms with Gasteiger partial charge in [0.15, 0.2) is 0 Å². The second-order valence-corrected chi connectivity index (χ2v) is 7.42. The van der Waals surface area contributed by atoms with Gasteiger partial charge in [-0.2, -0.15) is 5.26 Å². The molecule has 8 heteroatoms. The third kappa shape index (κ3) is 4.70. The van der Waals surface area contributed by atoms with Crippen LogP contribution >= 0.6 is 11.8 Å². The number of nitrogens with one attached hydrogen (secondary N) is 2. The lowest BCUT2D eigenvalue weighted by molar-refractivity contribution is -0.150. The summed E-state index contributed by atoms with van der Waals surface area (Å²) in [5.74, 6) is -3.57. The van der Waals surface area contributed by atoms with Crippen LogP contribution in [0.3, 0.4) is 0 Å². The Bertz CT molecular complexity index is 1020. The number of carbonyl (C=O) groups excluding carboxylic acids is 3. The zero-order valence-corrected chi connectivity index (χ0v) is 16.9. The molecular weight excluding hydrogens is 402 g/mol. The highest BCUT2D eigenvalue weighted by Crippen LogP contribution is 2.40. The number of amides is 2. The number of esters is 1. The first kappa shape index (κ1) is 21.1. The van der Waals surface area contributed by atoms with Crippen molar-refractivity contribution < 1.29 is 19.1 Å². The molecule has 2 N–H and O–H groups in total. The summed E-state index contributed by atoms with van der Waals surface area (Å²) in [6, 6.07) is 19.9. The van der Waals surface area contributed by atoms with E-state index in [9.17, 15) is 19.6 Å². The van der Waals surface area contributed by atoms with Crippen LogP contribution in [0.2, 0.25) is 0 Å². The van der Waals surface area contributed by atoms with Crippen LogP contribution < -0.4 is 10.6 Å². The molecule has 3 rings (SSSR count). The summed E-state index contributed by atoms with van der Waals surface area (Å²) >= 11 is 1.04. The molecule has 0 fully saturated rings. The molecule has 1 heterocycles. The van der Waals surface area contributed by atoms with Crippen molar-refractivity contribution in [2.75, 3.05) is 18.2 Å². The van der Waals surface area contributed by atoms with Crippen LogP contribution in [-0.2, 0) is 19.1 Å². The highest BCUT2D eigenvalue weighted by molar-refractivity contribution is 8.03. The van der Waals surface area contributed by atoms with Gasteiger partial charge < -0.3 is 15.4 Å². The number of hydrogen-bond acceptors (Lipinski definition) is 6. The topological polar surface area (TPSA) is 108 Å². The Morgan fingerprint density at radius 2 is 1.77 bits per heavy atom. The Morgan fingerprint density at radius 1 is 1.13 bits per heavy atom. The van der Waals surface area contributed by atoms with Gasteiger partial charge in [-0.25, -0.2) is 0 Å². The molecule has 0 aliphatic carbocycles. The molecule has 30 heavy (non-hydrogen) atoms. The maximum Gasteiger partial charge on any atom is 0.319 e. The van der Waals surface area contributed by atoms with Gasteiger partial charge in [0.05, 0.1) is 29.5 Å². The van der Waals surface area contributed by atoms with Crippen LogP contribution in [0.1, 0.15) is 11.5 Å². The number of methoxy groups -OCH3 is 1. The Kier molecular flexibility index (Phi) is 6.88. The SMILES string of the molecule is COC(=O)[C@H]1C(=O)NC(SCC(=O)Nc2ccccc2)=C(C#N)[C@@H]1c1ccccc1. The molecule has 0 unspecified atom stereocenters. The summed E-state index contributed by atoms with van der Waals surface area (Å²) in [4.78, 5) is 37.3. The number of rotatable bonds is 6. The molecule has 2 amide bonds. The third-order valence-electron chi connectivity index (χ3n) is 4.55. The second kappa shape index (κ2) is 9.76. The molecule has 1 aliphatic rings. The van der Waals surface area contributed by atoms with E-state index in [1.807, 2.05) is 6.07 Å². The first-order valence-corrected chi connectivity index (χ1v) is 10.1. The molecule has 152 valence electrons. The monoisotopic (exact) mass is 421 g/mol. The number of nitriles is 1. The van der Waals surface area contributed by atoms with Crippen molar-refractivity contribution in [3.05, 3.63) is 76.8 Å². The van der Waals surface area contributed by atoms with Crippen LogP contribution in [0.4, 0.5) is 5.69 Å². The summed E-state index contributed by atoms with van der Waals surface area (Å²) < 4.78 is 4.80. The van der Waals surface area contributed by atoms with Gasteiger partial charge in [-0.1, -0.05) is 60.3 Å². The summed E-state index contributed by atoms with van der Waals surface area (Å²) in [6.45, 7) is 0. The van der Waals surface area contributed by atoms with Gasteiger partial charge in [0.25, 0.3) is 0 Å². The molecule has 0 saturated heterocycles. The van der Waals surface area contributed by atoms with Gasteiger partial charge in [0.2, 0.25) is 11.8 Å². The molecule has 0 spiro atoms. The number of allylic oxidation sites excluding steroid dienone is 1. The molecule has 7 nitrogen and oxygen atoms in total. The number of para-hydroxylation sites is 1. The van der Waals surface area contributed by atoms with Crippen LogP contribution in [0, 0.1) is 17.2 Å². The second-order valence-electron chi connectivity index (χ2n) is 6.44. The first-order valence-electron chi connectivity index (χ1n) is 9.10. The van der Waals surface area contributed by atoms with Crippen molar-refractivity contribution in [3.63, 3.8) is 0 Å². The highest BCUT2D eigenvalue weighted by Gasteiger charge is 2.44. The number of benzene rings is 2. The minimum Gasteiger partial charge on any atom is -0.468 e. The average molecular weight is 421 g/mol.